The number of hydrogen-bond donors (Lipinski definition) is 1. The van der Waals surface area contributed by atoms with Crippen molar-refractivity contribution in [3.8, 4) is 11.5 Å². The number of sulfonamides is 1. The molecule has 1 amide bonds. The first-order valence-electron chi connectivity index (χ1n) is 9.50. The highest BCUT2D eigenvalue weighted by Gasteiger charge is 2.31. The third kappa shape index (κ3) is 5.64. The van der Waals surface area contributed by atoms with Gasteiger partial charge < -0.3 is 14.8 Å². The molecule has 1 saturated heterocycles. The summed E-state index contributed by atoms with van der Waals surface area (Å²) in [6, 6.07) is 7.60. The molecule has 1 aliphatic rings. The molecule has 1 fully saturated rings. The van der Waals surface area contributed by atoms with Gasteiger partial charge in [0.1, 0.15) is 16.4 Å². The van der Waals surface area contributed by atoms with Crippen molar-refractivity contribution in [2.24, 2.45) is 0 Å². The van der Waals surface area contributed by atoms with Crippen molar-refractivity contribution in [1.29, 1.82) is 0 Å². The Morgan fingerprint density at radius 1 is 1.12 bits per heavy atom. The maximum Gasteiger partial charge on any atom is 0.422 e. The maximum absolute atomic E-state index is 13.0. The largest absolute Gasteiger partial charge is 0.495 e. The lowest BCUT2D eigenvalue weighted by Gasteiger charge is -2.18. The molecule has 2 aromatic carbocycles. The number of hydrogen-bond acceptors (Lipinski definition) is 5. The zero-order chi connectivity index (χ0) is 23.5. The van der Waals surface area contributed by atoms with Crippen LogP contribution in [0.25, 0.3) is 0 Å². The first kappa shape index (κ1) is 24.1. The fourth-order valence-corrected chi connectivity index (χ4v) is 5.04. The highest BCUT2D eigenvalue weighted by Crippen LogP contribution is 2.32. The first-order chi connectivity index (χ1) is 15.0. The van der Waals surface area contributed by atoms with E-state index in [0.29, 0.717) is 13.1 Å². The quantitative estimate of drug-likeness (QED) is 0.622. The van der Waals surface area contributed by atoms with E-state index in [4.69, 9.17) is 21.1 Å². The third-order valence-electron chi connectivity index (χ3n) is 4.69. The Labute approximate surface area is 188 Å². The van der Waals surface area contributed by atoms with Crippen LogP contribution in [0.5, 0.6) is 11.5 Å². The Bertz CT molecular complexity index is 1100. The maximum atomic E-state index is 13.0. The highest BCUT2D eigenvalue weighted by molar-refractivity contribution is 7.89. The van der Waals surface area contributed by atoms with Crippen LogP contribution in [0.15, 0.2) is 41.3 Å². The van der Waals surface area contributed by atoms with Crippen LogP contribution >= 0.6 is 11.6 Å². The number of nitrogens with zero attached hydrogens (tertiary/aromatic N) is 1. The van der Waals surface area contributed by atoms with Crippen molar-refractivity contribution in [2.45, 2.75) is 23.9 Å². The van der Waals surface area contributed by atoms with E-state index in [2.05, 4.69) is 5.32 Å². The molecule has 0 unspecified atom stereocenters. The van der Waals surface area contributed by atoms with E-state index in [1.54, 1.807) is 0 Å². The molecule has 1 aliphatic heterocycles. The molecule has 32 heavy (non-hydrogen) atoms. The van der Waals surface area contributed by atoms with Gasteiger partial charge in [-0.2, -0.15) is 17.5 Å². The second-order valence-corrected chi connectivity index (χ2v) is 9.32. The predicted octanol–water partition coefficient (Wildman–Crippen LogP) is 4.33. The topological polar surface area (TPSA) is 84.9 Å². The number of carbonyl (C=O) groups is 1. The molecule has 0 spiro atoms. The van der Waals surface area contributed by atoms with Crippen LogP contribution in [-0.2, 0) is 10.0 Å². The molecule has 3 rings (SSSR count). The van der Waals surface area contributed by atoms with Crippen molar-refractivity contribution in [1.82, 2.24) is 4.31 Å². The highest BCUT2D eigenvalue weighted by atomic mass is 35.5. The van der Waals surface area contributed by atoms with Crippen molar-refractivity contribution in [2.75, 3.05) is 32.1 Å². The van der Waals surface area contributed by atoms with Crippen molar-refractivity contribution in [3.63, 3.8) is 0 Å². The fraction of sp³-hybridized carbons (Fsp3) is 0.350. The minimum Gasteiger partial charge on any atom is -0.495 e. The molecule has 0 atom stereocenters. The molecular formula is C20H20ClF3N2O5S. The van der Waals surface area contributed by atoms with E-state index in [1.165, 1.54) is 47.8 Å². The Kier molecular flexibility index (Phi) is 7.21. The zero-order valence-electron chi connectivity index (χ0n) is 16.9. The van der Waals surface area contributed by atoms with E-state index in [9.17, 15) is 26.4 Å². The standard InChI is InChI=1S/C20H20ClF3N2O5S/c1-30-17-6-4-13(10-18(17)32(28,29)26-8-2-3-9-26)19(27)25-15-11-14(21)5-7-16(15)31-12-20(22,23)24/h4-7,10-11H,2-3,8-9,12H2,1H3,(H,25,27). The van der Waals surface area contributed by atoms with Gasteiger partial charge in [0.25, 0.3) is 5.91 Å². The van der Waals surface area contributed by atoms with Gasteiger partial charge in [-0.25, -0.2) is 8.42 Å². The van der Waals surface area contributed by atoms with Crippen LogP contribution in [0.2, 0.25) is 5.02 Å². The van der Waals surface area contributed by atoms with Gasteiger partial charge in [-0.3, -0.25) is 4.79 Å². The lowest BCUT2D eigenvalue weighted by molar-refractivity contribution is -0.153. The van der Waals surface area contributed by atoms with Crippen molar-refractivity contribution < 1.29 is 35.9 Å². The molecule has 1 heterocycles. The number of anilines is 1. The molecule has 1 N–H and O–H groups in total. The van der Waals surface area contributed by atoms with Gasteiger partial charge in [0.15, 0.2) is 6.61 Å². The average molecular weight is 493 g/mol. The normalized spacial score (nSPS) is 14.9. The lowest BCUT2D eigenvalue weighted by atomic mass is 10.2. The van der Waals surface area contributed by atoms with E-state index in [-0.39, 0.29) is 32.7 Å². The summed E-state index contributed by atoms with van der Waals surface area (Å²) < 4.78 is 74.8. The van der Waals surface area contributed by atoms with Gasteiger partial charge in [-0.15, -0.1) is 0 Å². The van der Waals surface area contributed by atoms with Crippen LogP contribution in [0, 0.1) is 0 Å². The van der Waals surface area contributed by atoms with Crippen LogP contribution < -0.4 is 14.8 Å². The summed E-state index contributed by atoms with van der Waals surface area (Å²) in [6.07, 6.45) is -3.11. The molecule has 2 aromatic rings. The number of carbonyl (C=O) groups excluding carboxylic acids is 1. The molecule has 0 aromatic heterocycles. The third-order valence-corrected chi connectivity index (χ3v) is 6.84. The Balaban J connectivity index is 1.90. The van der Waals surface area contributed by atoms with E-state index in [1.807, 2.05) is 0 Å². The lowest BCUT2D eigenvalue weighted by Crippen LogP contribution is -2.28. The molecule has 12 heteroatoms. The summed E-state index contributed by atoms with van der Waals surface area (Å²) >= 11 is 5.90. The SMILES string of the molecule is COc1ccc(C(=O)Nc2cc(Cl)ccc2OCC(F)(F)F)cc1S(=O)(=O)N1CCCC1. The van der Waals surface area contributed by atoms with Gasteiger partial charge in [0.2, 0.25) is 10.0 Å². The van der Waals surface area contributed by atoms with E-state index < -0.39 is 28.7 Å². The first-order valence-corrected chi connectivity index (χ1v) is 11.3. The summed E-state index contributed by atoms with van der Waals surface area (Å²) in [4.78, 5) is 12.6. The summed E-state index contributed by atoms with van der Waals surface area (Å²) in [5.41, 5.74) is -0.128. The van der Waals surface area contributed by atoms with Crippen LogP contribution in [0.3, 0.4) is 0 Å². The molecule has 0 radical (unpaired) electrons. The molecule has 0 saturated carbocycles. The fourth-order valence-electron chi connectivity index (χ4n) is 3.17. The van der Waals surface area contributed by atoms with Gasteiger partial charge in [-0.1, -0.05) is 11.6 Å². The molecule has 0 aliphatic carbocycles. The minimum absolute atomic E-state index is 0.0367. The van der Waals surface area contributed by atoms with Gasteiger partial charge in [0, 0.05) is 23.7 Å². The van der Waals surface area contributed by atoms with E-state index >= 15 is 0 Å². The predicted molar refractivity (Wildman–Crippen MR) is 112 cm³/mol. The zero-order valence-corrected chi connectivity index (χ0v) is 18.5. The van der Waals surface area contributed by atoms with Crippen LogP contribution in [0.1, 0.15) is 23.2 Å². The Morgan fingerprint density at radius 2 is 1.78 bits per heavy atom. The van der Waals surface area contributed by atoms with Gasteiger partial charge >= 0.3 is 6.18 Å². The average Bonchev–Trinajstić information content (AvgIpc) is 3.28. The molecule has 0 bridgehead atoms. The number of ether oxygens (including phenoxy) is 2. The minimum atomic E-state index is -4.57. The Morgan fingerprint density at radius 3 is 2.41 bits per heavy atom. The molecule has 7 nitrogen and oxygen atoms in total. The van der Waals surface area contributed by atoms with Gasteiger partial charge in [-0.05, 0) is 49.2 Å². The van der Waals surface area contributed by atoms with Crippen LogP contribution in [0.4, 0.5) is 18.9 Å². The number of amides is 1. The number of methoxy groups -OCH3 is 1. The summed E-state index contributed by atoms with van der Waals surface area (Å²) in [5.74, 6) is -0.923. The summed E-state index contributed by atoms with van der Waals surface area (Å²) in [6.45, 7) is -0.826. The number of alkyl halides is 3. The number of benzene rings is 2. The monoisotopic (exact) mass is 492 g/mol. The summed E-state index contributed by atoms with van der Waals surface area (Å²) in [7, 11) is -2.58. The second-order valence-electron chi connectivity index (χ2n) is 6.98. The number of nitrogens with one attached hydrogen (secondary N) is 1. The van der Waals surface area contributed by atoms with Crippen LogP contribution in [-0.4, -0.2) is 51.6 Å². The molecule has 174 valence electrons. The smallest absolute Gasteiger partial charge is 0.422 e. The number of halogens is 4. The second kappa shape index (κ2) is 9.55. The van der Waals surface area contributed by atoms with Crippen molar-refractivity contribution in [3.05, 3.63) is 47.0 Å². The molecular weight excluding hydrogens is 473 g/mol. The summed E-state index contributed by atoms with van der Waals surface area (Å²) in [5, 5.41) is 2.58. The van der Waals surface area contributed by atoms with Crippen molar-refractivity contribution >= 4 is 33.2 Å². The van der Waals surface area contributed by atoms with E-state index in [0.717, 1.165) is 12.8 Å². The number of rotatable bonds is 7. The Hall–Kier alpha value is -2.50. The van der Waals surface area contributed by atoms with Gasteiger partial charge in [0.05, 0.1) is 12.8 Å².